The maximum atomic E-state index is 13.6. The molecule has 1 unspecified atom stereocenters. The van der Waals surface area contributed by atoms with Crippen molar-refractivity contribution < 1.29 is 17.5 Å². The van der Waals surface area contributed by atoms with Crippen molar-refractivity contribution in [2.75, 3.05) is 7.11 Å². The Kier molecular flexibility index (Phi) is 4.82. The van der Waals surface area contributed by atoms with Crippen LogP contribution in [0.15, 0.2) is 28.6 Å². The van der Waals surface area contributed by atoms with Crippen LogP contribution < -0.4 is 9.46 Å². The summed E-state index contributed by atoms with van der Waals surface area (Å²) in [6.45, 7) is 1.61. The summed E-state index contributed by atoms with van der Waals surface area (Å²) in [4.78, 5) is 3.69. The van der Waals surface area contributed by atoms with Gasteiger partial charge in [0.05, 0.1) is 13.3 Å². The first kappa shape index (κ1) is 16.2. The van der Waals surface area contributed by atoms with Crippen LogP contribution in [0.2, 0.25) is 4.47 Å². The van der Waals surface area contributed by atoms with E-state index in [9.17, 15) is 12.8 Å². The lowest BCUT2D eigenvalue weighted by atomic mass is 10.1. The second kappa shape index (κ2) is 6.27. The van der Waals surface area contributed by atoms with Gasteiger partial charge >= 0.3 is 0 Å². The van der Waals surface area contributed by atoms with E-state index in [0.29, 0.717) is 5.56 Å². The number of thiazole rings is 1. The Morgan fingerprint density at radius 1 is 1.48 bits per heavy atom. The number of methoxy groups -OCH3 is 1. The third-order valence-corrected chi connectivity index (χ3v) is 5.85. The van der Waals surface area contributed by atoms with Gasteiger partial charge in [0.2, 0.25) is 0 Å². The molecule has 0 fully saturated rings. The summed E-state index contributed by atoms with van der Waals surface area (Å²) in [6, 6.07) is 3.65. The standard InChI is InChI=1S/C12H12ClFN2O3S2/c1-7(8-3-4-10(19-2)9(14)5-8)16-21(17,18)11-6-15-12(13)20-11/h3-7,16H,1-2H3. The second-order valence-corrected chi connectivity index (χ2v) is 7.72. The average Bonchev–Trinajstić information content (AvgIpc) is 2.85. The van der Waals surface area contributed by atoms with Gasteiger partial charge in [0.25, 0.3) is 10.0 Å². The van der Waals surface area contributed by atoms with E-state index in [1.54, 1.807) is 13.0 Å². The largest absolute Gasteiger partial charge is 0.494 e. The molecule has 0 aliphatic rings. The monoisotopic (exact) mass is 350 g/mol. The molecule has 0 spiro atoms. The number of benzene rings is 1. The number of hydrogen-bond acceptors (Lipinski definition) is 5. The van der Waals surface area contributed by atoms with E-state index < -0.39 is 21.9 Å². The van der Waals surface area contributed by atoms with E-state index in [-0.39, 0.29) is 14.4 Å². The predicted octanol–water partition coefficient (Wildman–Crippen LogP) is 2.98. The molecule has 0 saturated heterocycles. The van der Waals surface area contributed by atoms with E-state index in [2.05, 4.69) is 9.71 Å². The molecule has 0 aliphatic carbocycles. The normalized spacial score (nSPS) is 13.1. The smallest absolute Gasteiger partial charge is 0.252 e. The summed E-state index contributed by atoms with van der Waals surface area (Å²) in [5.74, 6) is -0.454. The van der Waals surface area contributed by atoms with Crippen molar-refractivity contribution in [1.82, 2.24) is 9.71 Å². The lowest BCUT2D eigenvalue weighted by molar-refractivity contribution is 0.386. The molecule has 114 valence electrons. The van der Waals surface area contributed by atoms with Crippen LogP contribution >= 0.6 is 22.9 Å². The molecule has 1 N–H and O–H groups in total. The summed E-state index contributed by atoms with van der Waals surface area (Å²) in [7, 11) is -2.39. The second-order valence-electron chi connectivity index (χ2n) is 4.17. The number of nitrogens with one attached hydrogen (secondary N) is 1. The molecule has 0 saturated carbocycles. The molecule has 1 heterocycles. The van der Waals surface area contributed by atoms with Crippen LogP contribution in [0.25, 0.3) is 0 Å². The maximum absolute atomic E-state index is 13.6. The molecule has 2 rings (SSSR count). The zero-order valence-electron chi connectivity index (χ0n) is 11.1. The first-order valence-electron chi connectivity index (χ1n) is 5.80. The fourth-order valence-corrected chi connectivity index (χ4v) is 4.22. The minimum Gasteiger partial charge on any atom is -0.494 e. The van der Waals surface area contributed by atoms with E-state index in [1.807, 2.05) is 0 Å². The van der Waals surface area contributed by atoms with Crippen molar-refractivity contribution in [2.45, 2.75) is 17.2 Å². The molecule has 1 aromatic carbocycles. The first-order chi connectivity index (χ1) is 9.83. The first-order valence-corrected chi connectivity index (χ1v) is 8.48. The molecule has 0 radical (unpaired) electrons. The molecule has 1 atom stereocenters. The van der Waals surface area contributed by atoms with Crippen LogP contribution in [0.5, 0.6) is 5.75 Å². The van der Waals surface area contributed by atoms with Gasteiger partial charge < -0.3 is 4.74 Å². The zero-order chi connectivity index (χ0) is 15.6. The quantitative estimate of drug-likeness (QED) is 0.900. The van der Waals surface area contributed by atoms with E-state index in [4.69, 9.17) is 16.3 Å². The molecular formula is C12H12ClFN2O3S2. The predicted molar refractivity (Wildman–Crippen MR) is 78.8 cm³/mol. The highest BCUT2D eigenvalue weighted by atomic mass is 35.5. The molecule has 0 bridgehead atoms. The van der Waals surface area contributed by atoms with Gasteiger partial charge in [-0.05, 0) is 24.6 Å². The molecule has 5 nitrogen and oxygen atoms in total. The van der Waals surface area contributed by atoms with E-state index >= 15 is 0 Å². The number of nitrogens with zero attached hydrogens (tertiary/aromatic N) is 1. The molecule has 1 aromatic heterocycles. The van der Waals surface area contributed by atoms with Crippen molar-refractivity contribution in [3.05, 3.63) is 40.2 Å². The Hall–Kier alpha value is -1.22. The third-order valence-electron chi connectivity index (χ3n) is 2.73. The summed E-state index contributed by atoms with van der Waals surface area (Å²) >= 11 is 6.48. The van der Waals surface area contributed by atoms with Crippen molar-refractivity contribution in [3.8, 4) is 5.75 Å². The van der Waals surface area contributed by atoms with Gasteiger partial charge in [0.1, 0.15) is 0 Å². The molecule has 2 aromatic rings. The fraction of sp³-hybridized carbons (Fsp3) is 0.250. The molecule has 21 heavy (non-hydrogen) atoms. The van der Waals surface area contributed by atoms with Crippen molar-refractivity contribution >= 4 is 33.0 Å². The highest BCUT2D eigenvalue weighted by molar-refractivity contribution is 7.91. The summed E-state index contributed by atoms with van der Waals surface area (Å²) < 4.78 is 45.3. The van der Waals surface area contributed by atoms with Crippen LogP contribution in [0.4, 0.5) is 4.39 Å². The number of hydrogen-bond donors (Lipinski definition) is 1. The van der Waals surface area contributed by atoms with Gasteiger partial charge in [0.15, 0.2) is 20.2 Å². The van der Waals surface area contributed by atoms with Gasteiger partial charge in [-0.2, -0.15) is 0 Å². The van der Waals surface area contributed by atoms with Gasteiger partial charge in [-0.25, -0.2) is 22.5 Å². The Bertz CT molecular complexity index is 749. The van der Waals surface area contributed by atoms with Crippen molar-refractivity contribution in [3.63, 3.8) is 0 Å². The summed E-state index contributed by atoms with van der Waals surface area (Å²) in [5, 5.41) is 0. The molecule has 0 amide bonds. The van der Waals surface area contributed by atoms with Crippen LogP contribution in [0.3, 0.4) is 0 Å². The van der Waals surface area contributed by atoms with Crippen molar-refractivity contribution in [2.24, 2.45) is 0 Å². The highest BCUT2D eigenvalue weighted by Gasteiger charge is 2.21. The van der Waals surface area contributed by atoms with Crippen LogP contribution in [-0.4, -0.2) is 20.5 Å². The molecule has 0 aliphatic heterocycles. The van der Waals surface area contributed by atoms with Crippen LogP contribution in [0, 0.1) is 5.82 Å². The Morgan fingerprint density at radius 3 is 2.71 bits per heavy atom. The van der Waals surface area contributed by atoms with Crippen LogP contribution in [-0.2, 0) is 10.0 Å². The van der Waals surface area contributed by atoms with Gasteiger partial charge in [0, 0.05) is 6.04 Å². The SMILES string of the molecule is COc1ccc(C(C)NS(=O)(=O)c2cnc(Cl)s2)cc1F. The Labute approximate surface area is 130 Å². The topological polar surface area (TPSA) is 68.3 Å². The van der Waals surface area contributed by atoms with Crippen LogP contribution in [0.1, 0.15) is 18.5 Å². The molecule has 9 heteroatoms. The van der Waals surface area contributed by atoms with E-state index in [0.717, 1.165) is 11.3 Å². The average molecular weight is 351 g/mol. The number of sulfonamides is 1. The number of ether oxygens (including phenoxy) is 1. The fourth-order valence-electron chi connectivity index (χ4n) is 1.67. The third kappa shape index (κ3) is 3.70. The maximum Gasteiger partial charge on any atom is 0.252 e. The van der Waals surface area contributed by atoms with Gasteiger partial charge in [-0.3, -0.25) is 0 Å². The zero-order valence-corrected chi connectivity index (χ0v) is 13.5. The summed E-state index contributed by atoms with van der Waals surface area (Å²) in [6.07, 6.45) is 1.18. The number of aromatic nitrogens is 1. The number of rotatable bonds is 5. The summed E-state index contributed by atoms with van der Waals surface area (Å²) in [5.41, 5.74) is 0.479. The lowest BCUT2D eigenvalue weighted by Gasteiger charge is -2.14. The van der Waals surface area contributed by atoms with Crippen molar-refractivity contribution in [1.29, 1.82) is 0 Å². The van der Waals surface area contributed by atoms with Gasteiger partial charge in [-0.1, -0.05) is 29.0 Å². The Balaban J connectivity index is 2.21. The lowest BCUT2D eigenvalue weighted by Crippen LogP contribution is -2.26. The van der Waals surface area contributed by atoms with E-state index in [1.165, 1.54) is 25.4 Å². The minimum atomic E-state index is -3.75. The van der Waals surface area contributed by atoms with Gasteiger partial charge in [-0.15, -0.1) is 0 Å². The molecular weight excluding hydrogens is 339 g/mol. The minimum absolute atomic E-state index is 0.00772. The number of halogens is 2. The Morgan fingerprint density at radius 2 is 2.19 bits per heavy atom. The highest BCUT2D eigenvalue weighted by Crippen LogP contribution is 2.26.